The molecule has 0 spiro atoms. The van der Waals surface area contributed by atoms with Gasteiger partial charge in [-0.05, 0) is 24.6 Å². The van der Waals surface area contributed by atoms with Gasteiger partial charge in [-0.3, -0.25) is 5.10 Å². The lowest BCUT2D eigenvalue weighted by Gasteiger charge is -2.14. The van der Waals surface area contributed by atoms with E-state index < -0.39 is 11.7 Å². The van der Waals surface area contributed by atoms with E-state index in [2.05, 4.69) is 30.5 Å². The third kappa shape index (κ3) is 5.44. The summed E-state index contributed by atoms with van der Waals surface area (Å²) >= 11 is 0. The molecule has 3 aromatic heterocycles. The van der Waals surface area contributed by atoms with E-state index in [9.17, 15) is 13.2 Å². The Balaban J connectivity index is 1.70. The van der Waals surface area contributed by atoms with Crippen molar-refractivity contribution in [1.82, 2.24) is 25.1 Å². The molecule has 0 amide bonds. The minimum atomic E-state index is -4.53. The van der Waals surface area contributed by atoms with Crippen LogP contribution in [0.15, 0.2) is 48.7 Å². The Morgan fingerprint density at radius 3 is 2.73 bits per heavy atom. The second-order valence-electron chi connectivity index (χ2n) is 7.40. The number of hydrogen-bond donors (Lipinski definition) is 4. The summed E-state index contributed by atoms with van der Waals surface area (Å²) in [6.45, 7) is 1.45. The number of nitrogens with two attached hydrogens (primary N) is 1. The number of hydrogen-bond acceptors (Lipinski definition) is 6. The molecule has 0 aliphatic carbocycles. The van der Waals surface area contributed by atoms with Gasteiger partial charge in [0, 0.05) is 29.9 Å². The number of anilines is 2. The van der Waals surface area contributed by atoms with Crippen LogP contribution in [-0.4, -0.2) is 50.0 Å². The van der Waals surface area contributed by atoms with Gasteiger partial charge in [0.05, 0.1) is 30.6 Å². The molecular formula is C22H23F3N7O+. The second kappa shape index (κ2) is 9.92. The number of pyridine rings is 1. The van der Waals surface area contributed by atoms with Crippen molar-refractivity contribution in [3.8, 4) is 11.4 Å². The van der Waals surface area contributed by atoms with Crippen LogP contribution < -0.4 is 10.6 Å². The summed E-state index contributed by atoms with van der Waals surface area (Å²) in [6.07, 6.45) is -1.62. The van der Waals surface area contributed by atoms with Crippen molar-refractivity contribution in [3.63, 3.8) is 0 Å². The van der Waals surface area contributed by atoms with E-state index in [4.69, 9.17) is 5.11 Å². The van der Waals surface area contributed by atoms with Crippen LogP contribution in [0.25, 0.3) is 22.4 Å². The van der Waals surface area contributed by atoms with Crippen LogP contribution in [0.5, 0.6) is 0 Å². The number of quaternary nitrogens is 1. The minimum absolute atomic E-state index is 0.00999. The van der Waals surface area contributed by atoms with Crippen LogP contribution >= 0.6 is 0 Å². The van der Waals surface area contributed by atoms with E-state index in [1.165, 1.54) is 18.2 Å². The topological polar surface area (TPSA) is 116 Å². The molecule has 4 rings (SSSR count). The van der Waals surface area contributed by atoms with Crippen molar-refractivity contribution in [2.24, 2.45) is 0 Å². The lowest BCUT2D eigenvalue weighted by molar-refractivity contribution is -0.656. The molecule has 0 aliphatic heterocycles. The molecule has 5 N–H and O–H groups in total. The molecule has 1 aromatic carbocycles. The molecule has 8 nitrogen and oxygen atoms in total. The Kier molecular flexibility index (Phi) is 6.80. The van der Waals surface area contributed by atoms with Crippen molar-refractivity contribution in [2.45, 2.75) is 19.0 Å². The quantitative estimate of drug-likeness (QED) is 0.287. The number of fused-ring (bicyclic) bond motifs is 1. The number of aliphatic hydroxyl groups excluding tert-OH is 1. The zero-order valence-corrected chi connectivity index (χ0v) is 17.6. The van der Waals surface area contributed by atoms with Crippen molar-refractivity contribution >= 4 is 22.7 Å². The highest BCUT2D eigenvalue weighted by Crippen LogP contribution is 2.36. The monoisotopic (exact) mass is 458 g/mol. The van der Waals surface area contributed by atoms with Crippen LogP contribution in [-0.2, 0) is 12.6 Å². The number of alkyl halides is 3. The molecule has 0 saturated carbocycles. The summed E-state index contributed by atoms with van der Waals surface area (Å²) < 4.78 is 40.9. The number of aryl methyl sites for hydroxylation is 1. The first-order valence-corrected chi connectivity index (χ1v) is 10.5. The molecule has 0 bridgehead atoms. The van der Waals surface area contributed by atoms with E-state index in [1.807, 2.05) is 11.4 Å². The summed E-state index contributed by atoms with van der Waals surface area (Å²) in [5.41, 5.74) is 0.244. The number of rotatable bonds is 9. The minimum Gasteiger partial charge on any atom is -0.391 e. The van der Waals surface area contributed by atoms with Gasteiger partial charge in [-0.1, -0.05) is 18.2 Å². The van der Waals surface area contributed by atoms with Crippen LogP contribution in [0.3, 0.4) is 0 Å². The fraction of sp³-hybridized carbons (Fsp3) is 0.273. The van der Waals surface area contributed by atoms with Crippen LogP contribution in [0.4, 0.5) is 24.8 Å². The Bertz CT molecular complexity index is 1230. The first kappa shape index (κ1) is 22.6. The van der Waals surface area contributed by atoms with E-state index in [0.717, 1.165) is 24.4 Å². The molecule has 172 valence electrons. The van der Waals surface area contributed by atoms with Gasteiger partial charge >= 0.3 is 6.18 Å². The van der Waals surface area contributed by atoms with Crippen molar-refractivity contribution in [2.75, 3.05) is 25.0 Å². The zero-order valence-electron chi connectivity index (χ0n) is 17.6. The van der Waals surface area contributed by atoms with E-state index in [-0.39, 0.29) is 18.0 Å². The summed E-state index contributed by atoms with van der Waals surface area (Å²) in [6, 6.07) is 10.6. The number of aromatic amines is 1. The van der Waals surface area contributed by atoms with E-state index in [1.54, 1.807) is 18.3 Å². The summed E-state index contributed by atoms with van der Waals surface area (Å²) in [7, 11) is 0. The molecule has 33 heavy (non-hydrogen) atoms. The lowest BCUT2D eigenvalue weighted by Crippen LogP contribution is -2.85. The Hall–Kier alpha value is -3.57. The molecule has 0 saturated heterocycles. The van der Waals surface area contributed by atoms with Crippen molar-refractivity contribution in [1.29, 1.82) is 0 Å². The van der Waals surface area contributed by atoms with Gasteiger partial charge in [0.1, 0.15) is 11.6 Å². The van der Waals surface area contributed by atoms with E-state index in [0.29, 0.717) is 35.9 Å². The highest BCUT2D eigenvalue weighted by molar-refractivity contribution is 5.88. The van der Waals surface area contributed by atoms with Gasteiger partial charge in [0.2, 0.25) is 0 Å². The predicted octanol–water partition coefficient (Wildman–Crippen LogP) is 2.67. The van der Waals surface area contributed by atoms with Crippen molar-refractivity contribution in [3.05, 3.63) is 59.9 Å². The SMILES string of the molecule is OCC[NH2+]CCCc1cc(Nc2[nH]nc3ncccc23)nc(-c2ccccc2C(F)(F)F)n1. The number of halogens is 3. The first-order chi connectivity index (χ1) is 16.0. The van der Waals surface area contributed by atoms with Crippen LogP contribution in [0.2, 0.25) is 0 Å². The molecule has 11 heteroatoms. The molecule has 3 heterocycles. The van der Waals surface area contributed by atoms with Gasteiger partial charge in [0.25, 0.3) is 0 Å². The summed E-state index contributed by atoms with van der Waals surface area (Å²) in [5.74, 6) is 0.874. The van der Waals surface area contributed by atoms with Gasteiger partial charge in [0.15, 0.2) is 11.5 Å². The molecular weight excluding hydrogens is 435 g/mol. The fourth-order valence-corrected chi connectivity index (χ4v) is 3.47. The van der Waals surface area contributed by atoms with E-state index >= 15 is 0 Å². The smallest absolute Gasteiger partial charge is 0.391 e. The number of benzene rings is 1. The Morgan fingerprint density at radius 2 is 1.91 bits per heavy atom. The number of aliphatic hydroxyl groups is 1. The van der Waals surface area contributed by atoms with Crippen molar-refractivity contribution < 1.29 is 23.6 Å². The predicted molar refractivity (Wildman–Crippen MR) is 117 cm³/mol. The second-order valence-corrected chi connectivity index (χ2v) is 7.40. The fourth-order valence-electron chi connectivity index (χ4n) is 3.47. The number of H-pyrrole nitrogens is 1. The largest absolute Gasteiger partial charge is 0.417 e. The Morgan fingerprint density at radius 1 is 1.06 bits per heavy atom. The first-order valence-electron chi connectivity index (χ1n) is 10.5. The average molecular weight is 458 g/mol. The maximum Gasteiger partial charge on any atom is 0.417 e. The third-order valence-electron chi connectivity index (χ3n) is 5.01. The number of nitrogens with one attached hydrogen (secondary N) is 2. The Labute approximate surface area is 187 Å². The summed E-state index contributed by atoms with van der Waals surface area (Å²) in [4.78, 5) is 13.0. The highest BCUT2D eigenvalue weighted by Gasteiger charge is 2.34. The van der Waals surface area contributed by atoms with Crippen LogP contribution in [0, 0.1) is 0 Å². The zero-order chi connectivity index (χ0) is 23.3. The summed E-state index contributed by atoms with van der Waals surface area (Å²) in [5, 5.41) is 21.7. The lowest BCUT2D eigenvalue weighted by atomic mass is 10.1. The average Bonchev–Trinajstić information content (AvgIpc) is 3.21. The highest BCUT2D eigenvalue weighted by atomic mass is 19.4. The van der Waals surface area contributed by atoms with Gasteiger partial charge in [-0.2, -0.15) is 18.3 Å². The molecule has 0 radical (unpaired) electrons. The standard InChI is InChI=1S/C22H22F3N7O/c23-22(24,25)17-8-2-1-6-15(17)20-28-14(5-3-9-26-11-12-33)13-18(29-20)30-21-16-7-4-10-27-19(16)31-32-21/h1-2,4,6-8,10,13,26,33H,3,5,9,11-12H2,(H2,27,28,29,30,31,32)/p+1. The van der Waals surface area contributed by atoms with Gasteiger partial charge < -0.3 is 15.7 Å². The third-order valence-corrected chi connectivity index (χ3v) is 5.01. The molecule has 4 aromatic rings. The van der Waals surface area contributed by atoms with Gasteiger partial charge in [-0.15, -0.1) is 0 Å². The number of aromatic nitrogens is 5. The molecule has 0 unspecified atom stereocenters. The number of nitrogens with zero attached hydrogens (tertiary/aromatic N) is 4. The maximum absolute atomic E-state index is 13.6. The normalized spacial score (nSPS) is 11.8. The van der Waals surface area contributed by atoms with Crippen LogP contribution in [0.1, 0.15) is 17.7 Å². The molecule has 0 aliphatic rings. The molecule has 0 atom stereocenters. The molecule has 0 fully saturated rings. The van der Waals surface area contributed by atoms with Gasteiger partial charge in [-0.25, -0.2) is 15.0 Å². The maximum atomic E-state index is 13.6.